The highest BCUT2D eigenvalue weighted by atomic mass is 16.5. The average molecular weight is 668 g/mol. The Balaban J connectivity index is 1.47. The third-order valence-corrected chi connectivity index (χ3v) is 8.19. The first-order valence-corrected chi connectivity index (χ1v) is 16.1. The van der Waals surface area contributed by atoms with Crippen molar-refractivity contribution in [3.8, 4) is 5.75 Å². The number of fused-ring (bicyclic) bond motifs is 1. The molecule has 0 bridgehead atoms. The number of ether oxygens (including phenoxy) is 1. The van der Waals surface area contributed by atoms with Gasteiger partial charge in [-0.3, -0.25) is 19.1 Å². The molecule has 4 amide bonds. The summed E-state index contributed by atoms with van der Waals surface area (Å²) in [5.74, 6) is -0.969. The van der Waals surface area contributed by atoms with Crippen LogP contribution in [0.5, 0.6) is 5.75 Å². The summed E-state index contributed by atoms with van der Waals surface area (Å²) in [7, 11) is 0. The number of piperazine rings is 1. The summed E-state index contributed by atoms with van der Waals surface area (Å²) in [6.07, 6.45) is 2.63. The van der Waals surface area contributed by atoms with Gasteiger partial charge in [0.15, 0.2) is 0 Å². The summed E-state index contributed by atoms with van der Waals surface area (Å²) in [6.45, 7) is 6.27. The van der Waals surface area contributed by atoms with Crippen LogP contribution in [0.25, 0.3) is 10.9 Å². The number of nitrogens with one attached hydrogen (secondary N) is 3. The fraction of sp³-hybridized carbons (Fsp3) is 0.306. The van der Waals surface area contributed by atoms with Gasteiger partial charge in [-0.1, -0.05) is 66.7 Å². The number of carbonyl (C=O) groups is 4. The second-order valence-electron chi connectivity index (χ2n) is 11.7. The third-order valence-electron chi connectivity index (χ3n) is 8.19. The van der Waals surface area contributed by atoms with E-state index in [0.29, 0.717) is 13.1 Å². The van der Waals surface area contributed by atoms with E-state index in [1.54, 1.807) is 34.0 Å². The van der Waals surface area contributed by atoms with E-state index in [-0.39, 0.29) is 62.7 Å². The predicted octanol–water partition coefficient (Wildman–Crippen LogP) is 2.69. The number of aromatic hydroxyl groups is 1. The fourth-order valence-electron chi connectivity index (χ4n) is 5.93. The van der Waals surface area contributed by atoms with E-state index in [2.05, 4.69) is 27.6 Å². The quantitative estimate of drug-likeness (QED) is 0.0909. The first-order chi connectivity index (χ1) is 23.7. The molecule has 13 heteroatoms. The molecule has 0 unspecified atom stereocenters. The molecule has 49 heavy (non-hydrogen) atoms. The highest BCUT2D eigenvalue weighted by Gasteiger charge is 2.43. The van der Waals surface area contributed by atoms with Crippen molar-refractivity contribution in [1.29, 1.82) is 0 Å². The van der Waals surface area contributed by atoms with Crippen LogP contribution in [0.1, 0.15) is 23.6 Å². The molecule has 0 aliphatic carbocycles. The van der Waals surface area contributed by atoms with Gasteiger partial charge in [0.05, 0.1) is 31.3 Å². The van der Waals surface area contributed by atoms with Crippen molar-refractivity contribution in [2.75, 3.05) is 26.2 Å². The minimum absolute atomic E-state index is 0.0227. The van der Waals surface area contributed by atoms with Crippen molar-refractivity contribution < 1.29 is 29.0 Å². The number of phenolic OH excluding ortho intramolecular Hbond substituents is 1. The van der Waals surface area contributed by atoms with Crippen LogP contribution in [0.3, 0.4) is 0 Å². The van der Waals surface area contributed by atoms with Crippen molar-refractivity contribution in [1.82, 2.24) is 35.5 Å². The molecular weight excluding hydrogens is 626 g/mol. The first kappa shape index (κ1) is 34.6. The molecule has 0 saturated carbocycles. The fourth-order valence-corrected chi connectivity index (χ4v) is 5.93. The molecule has 4 N–H and O–H groups in total. The molecular formula is C36H41N7O6. The van der Waals surface area contributed by atoms with Crippen molar-refractivity contribution in [3.63, 3.8) is 0 Å². The molecule has 2 atom stereocenters. The number of hydrogen-bond acceptors (Lipinski definition) is 8. The molecule has 1 aliphatic heterocycles. The number of benzene rings is 3. The van der Waals surface area contributed by atoms with Gasteiger partial charge in [-0.05, 0) is 28.8 Å². The van der Waals surface area contributed by atoms with E-state index in [0.717, 1.165) is 27.6 Å². The number of nitrogens with zero attached hydrogens (tertiary/aromatic N) is 4. The molecule has 256 valence electrons. The molecule has 1 aromatic heterocycles. The zero-order valence-electron chi connectivity index (χ0n) is 27.4. The molecule has 4 aromatic rings. The lowest BCUT2D eigenvalue weighted by Crippen LogP contribution is -2.69. The minimum Gasteiger partial charge on any atom is -0.508 e. The van der Waals surface area contributed by atoms with Gasteiger partial charge in [0, 0.05) is 38.4 Å². The van der Waals surface area contributed by atoms with Crippen LogP contribution in [-0.2, 0) is 45.2 Å². The Kier molecular flexibility index (Phi) is 11.6. The van der Waals surface area contributed by atoms with E-state index >= 15 is 0 Å². The van der Waals surface area contributed by atoms with Gasteiger partial charge in [0.1, 0.15) is 24.6 Å². The van der Waals surface area contributed by atoms with Crippen molar-refractivity contribution >= 4 is 34.7 Å². The van der Waals surface area contributed by atoms with Crippen molar-refractivity contribution in [3.05, 3.63) is 108 Å². The normalized spacial score (nSPS) is 16.0. The zero-order chi connectivity index (χ0) is 34.8. The highest BCUT2D eigenvalue weighted by molar-refractivity contribution is 5.91. The van der Waals surface area contributed by atoms with Gasteiger partial charge in [-0.2, -0.15) is 5.10 Å². The van der Waals surface area contributed by atoms with Crippen molar-refractivity contribution in [2.45, 2.75) is 45.2 Å². The summed E-state index contributed by atoms with van der Waals surface area (Å²) in [4.78, 5) is 56.1. The summed E-state index contributed by atoms with van der Waals surface area (Å²) >= 11 is 0. The summed E-state index contributed by atoms with van der Waals surface area (Å²) in [5.41, 5.74) is 3.22. The van der Waals surface area contributed by atoms with Gasteiger partial charge >= 0.3 is 12.0 Å². The first-order valence-electron chi connectivity index (χ1n) is 16.1. The number of amides is 4. The van der Waals surface area contributed by atoms with E-state index in [1.807, 2.05) is 48.5 Å². The van der Waals surface area contributed by atoms with Crippen LogP contribution in [0.15, 0.2) is 91.6 Å². The van der Waals surface area contributed by atoms with Crippen molar-refractivity contribution in [2.24, 2.45) is 0 Å². The topological polar surface area (TPSA) is 158 Å². The number of esters is 1. The van der Waals surface area contributed by atoms with Crippen LogP contribution < -0.4 is 16.0 Å². The molecule has 1 aliphatic rings. The number of urea groups is 1. The zero-order valence-corrected chi connectivity index (χ0v) is 27.4. The van der Waals surface area contributed by atoms with Gasteiger partial charge in [-0.25, -0.2) is 4.79 Å². The predicted molar refractivity (Wildman–Crippen MR) is 183 cm³/mol. The van der Waals surface area contributed by atoms with Crippen LogP contribution >= 0.6 is 0 Å². The Morgan fingerprint density at radius 3 is 2.55 bits per heavy atom. The molecule has 1 saturated heterocycles. The summed E-state index contributed by atoms with van der Waals surface area (Å²) in [6, 6.07) is 20.2. The monoisotopic (exact) mass is 667 g/mol. The third kappa shape index (κ3) is 9.02. The highest BCUT2D eigenvalue weighted by Crippen LogP contribution is 2.26. The van der Waals surface area contributed by atoms with Crippen LogP contribution in [0.4, 0.5) is 4.79 Å². The Morgan fingerprint density at radius 2 is 1.82 bits per heavy atom. The maximum Gasteiger partial charge on any atom is 0.316 e. The minimum atomic E-state index is -0.969. The summed E-state index contributed by atoms with van der Waals surface area (Å²) < 4.78 is 6.88. The molecule has 1 fully saturated rings. The maximum atomic E-state index is 14.4. The molecule has 5 rings (SSSR count). The second-order valence-corrected chi connectivity index (χ2v) is 11.7. The molecule has 2 heterocycles. The number of rotatable bonds is 14. The Bertz CT molecular complexity index is 1780. The maximum absolute atomic E-state index is 14.4. The largest absolute Gasteiger partial charge is 0.508 e. The SMILES string of the molecule is C=CCNCC(=O)N1[C@@H](NC(=O)NCc2ccccc2)CN(Cc2cccc3cnn(CCOC(C)=O)c23)C(=O)[C@@H]1Cc1ccc(O)cc1. The Labute approximate surface area is 284 Å². The number of aromatic nitrogens is 2. The van der Waals surface area contributed by atoms with E-state index in [1.165, 1.54) is 24.0 Å². The number of hydrogen-bond donors (Lipinski definition) is 4. The lowest BCUT2D eigenvalue weighted by Gasteiger charge is -2.46. The summed E-state index contributed by atoms with van der Waals surface area (Å²) in [5, 5.41) is 24.1. The average Bonchev–Trinajstić information content (AvgIpc) is 3.51. The second kappa shape index (κ2) is 16.4. The number of phenols is 1. The lowest BCUT2D eigenvalue weighted by atomic mass is 9.98. The smallest absolute Gasteiger partial charge is 0.316 e. The molecule has 3 aromatic carbocycles. The molecule has 13 nitrogen and oxygen atoms in total. The van der Waals surface area contributed by atoms with Gasteiger partial charge < -0.3 is 35.6 Å². The number of carbonyl (C=O) groups excluding carboxylic acids is 4. The standard InChI is InChI=1S/C36H41N7O6/c1-3-16-37-22-33(46)43-31(19-26-12-14-30(45)15-13-26)35(47)41(24-32(43)40-36(48)38-20-27-8-5-4-6-9-27)23-29-11-7-10-28-21-39-42(34(28)29)17-18-49-25(2)44/h3-15,21,31-32,37,45H,1,16-20,22-24H2,2H3,(H2,38,40,48)/t31-,32+/m0/s1. The van der Waals surface area contributed by atoms with Crippen LogP contribution in [-0.4, -0.2) is 87.0 Å². The van der Waals surface area contributed by atoms with Gasteiger partial charge in [-0.15, -0.1) is 6.58 Å². The van der Waals surface area contributed by atoms with Gasteiger partial charge in [0.2, 0.25) is 11.8 Å². The number of para-hydroxylation sites is 1. The molecule has 0 radical (unpaired) electrons. The van der Waals surface area contributed by atoms with Gasteiger partial charge in [0.25, 0.3) is 0 Å². The molecule has 0 spiro atoms. The Hall–Kier alpha value is -5.69. The van der Waals surface area contributed by atoms with E-state index in [9.17, 15) is 24.3 Å². The van der Waals surface area contributed by atoms with E-state index < -0.39 is 18.2 Å². The lowest BCUT2D eigenvalue weighted by molar-refractivity contribution is -0.156. The Morgan fingerprint density at radius 1 is 1.04 bits per heavy atom. The van der Waals surface area contributed by atoms with Crippen LogP contribution in [0, 0.1) is 0 Å². The van der Waals surface area contributed by atoms with E-state index in [4.69, 9.17) is 4.74 Å². The van der Waals surface area contributed by atoms with Crippen LogP contribution in [0.2, 0.25) is 0 Å².